The number of rotatable bonds is 19. The van der Waals surface area contributed by atoms with Crippen LogP contribution < -0.4 is 5.32 Å². The average Bonchev–Trinajstić information content (AvgIpc) is 2.71. The van der Waals surface area contributed by atoms with Crippen LogP contribution in [-0.2, 0) is 23.9 Å². The van der Waals surface area contributed by atoms with Gasteiger partial charge in [-0.1, -0.05) is 79.1 Å². The topological polar surface area (TPSA) is 81.7 Å². The van der Waals surface area contributed by atoms with Gasteiger partial charge >= 0.3 is 11.9 Å². The summed E-state index contributed by atoms with van der Waals surface area (Å²) in [5.41, 5.74) is 0. The largest absolute Gasteiger partial charge is 0.461 e. The zero-order valence-corrected chi connectivity index (χ0v) is 20.2. The second-order valence-corrected chi connectivity index (χ2v) is 9.37. The smallest absolute Gasteiger partial charge is 0.328 e. The van der Waals surface area contributed by atoms with E-state index < -0.39 is 6.04 Å². The van der Waals surface area contributed by atoms with Gasteiger partial charge in [0, 0.05) is 6.42 Å². The molecule has 6 heteroatoms. The molecule has 31 heavy (non-hydrogen) atoms. The Labute approximate surface area is 189 Å². The van der Waals surface area contributed by atoms with E-state index in [-0.39, 0.29) is 36.0 Å². The van der Waals surface area contributed by atoms with Crippen LogP contribution in [0.4, 0.5) is 0 Å². The monoisotopic (exact) mass is 439 g/mol. The van der Waals surface area contributed by atoms with Crippen molar-refractivity contribution in [3.63, 3.8) is 0 Å². The maximum Gasteiger partial charge on any atom is 0.328 e. The number of hydrogen-bond donors (Lipinski definition) is 1. The van der Waals surface area contributed by atoms with Gasteiger partial charge in [-0.3, -0.25) is 9.59 Å². The molecule has 6 nitrogen and oxygen atoms in total. The first kappa shape index (κ1) is 27.4. The summed E-state index contributed by atoms with van der Waals surface area (Å²) in [5.74, 6) is -0.372. The van der Waals surface area contributed by atoms with Gasteiger partial charge in [-0.15, -0.1) is 0 Å². The van der Waals surface area contributed by atoms with Gasteiger partial charge in [0.1, 0.15) is 18.2 Å². The summed E-state index contributed by atoms with van der Waals surface area (Å²) in [6, 6.07) is -0.631. The first-order chi connectivity index (χ1) is 14.9. The second-order valence-electron chi connectivity index (χ2n) is 9.37. The summed E-state index contributed by atoms with van der Waals surface area (Å²) in [6.45, 7) is 8.22. The molecule has 1 aliphatic rings. The highest BCUT2D eigenvalue weighted by molar-refractivity contribution is 5.79. The average molecular weight is 440 g/mol. The zero-order valence-electron chi connectivity index (χ0n) is 20.2. The van der Waals surface area contributed by atoms with E-state index in [1.165, 1.54) is 44.9 Å². The number of carbonyl (C=O) groups excluding carboxylic acids is 3. The van der Waals surface area contributed by atoms with Crippen molar-refractivity contribution in [2.45, 2.75) is 129 Å². The third-order valence-electron chi connectivity index (χ3n) is 6.13. The van der Waals surface area contributed by atoms with Crippen molar-refractivity contribution in [3.8, 4) is 0 Å². The zero-order chi connectivity index (χ0) is 23.1. The standard InChI is InChI=1S/C25H45NO5/c1-5-7-8-9-10-11-12-13-14-15-20(17-23-21(6-2)24(28)31-23)30-25(29)22(26-18-27)16-19(3)4/h18-23H,5-17H2,1-4H3,(H,26,27)/t20?,21-,22?,23-/m0/s1. The Morgan fingerprint density at radius 1 is 1.06 bits per heavy atom. The lowest BCUT2D eigenvalue weighted by Gasteiger charge is -2.36. The van der Waals surface area contributed by atoms with Crippen LogP contribution in [0.25, 0.3) is 0 Å². The van der Waals surface area contributed by atoms with E-state index in [1.54, 1.807) is 0 Å². The van der Waals surface area contributed by atoms with Crippen LogP contribution in [0.1, 0.15) is 111 Å². The molecule has 1 saturated heterocycles. The lowest BCUT2D eigenvalue weighted by molar-refractivity contribution is -0.190. The van der Waals surface area contributed by atoms with Gasteiger partial charge in [-0.05, 0) is 31.6 Å². The number of amides is 1. The van der Waals surface area contributed by atoms with Crippen molar-refractivity contribution < 1.29 is 23.9 Å². The summed E-state index contributed by atoms with van der Waals surface area (Å²) in [4.78, 5) is 35.2. The highest BCUT2D eigenvalue weighted by atomic mass is 16.6. The van der Waals surface area contributed by atoms with Crippen LogP contribution in [0, 0.1) is 11.8 Å². The van der Waals surface area contributed by atoms with Gasteiger partial charge in [0.2, 0.25) is 6.41 Å². The Morgan fingerprint density at radius 2 is 1.68 bits per heavy atom. The van der Waals surface area contributed by atoms with Gasteiger partial charge in [-0.2, -0.15) is 0 Å². The van der Waals surface area contributed by atoms with E-state index in [0.717, 1.165) is 25.7 Å². The Hall–Kier alpha value is -1.59. The molecule has 0 radical (unpaired) electrons. The number of esters is 2. The molecule has 0 bridgehead atoms. The molecule has 0 aromatic heterocycles. The number of cyclic esters (lactones) is 1. The van der Waals surface area contributed by atoms with E-state index in [9.17, 15) is 14.4 Å². The summed E-state index contributed by atoms with van der Waals surface area (Å²) in [6.07, 6.45) is 13.8. The number of hydrogen-bond acceptors (Lipinski definition) is 5. The van der Waals surface area contributed by atoms with Gasteiger partial charge in [-0.25, -0.2) is 4.79 Å². The first-order valence-electron chi connectivity index (χ1n) is 12.5. The Morgan fingerprint density at radius 3 is 2.19 bits per heavy atom. The van der Waals surface area contributed by atoms with Crippen molar-refractivity contribution in [2.24, 2.45) is 11.8 Å². The van der Waals surface area contributed by atoms with Crippen molar-refractivity contribution in [3.05, 3.63) is 0 Å². The number of nitrogens with one attached hydrogen (secondary N) is 1. The molecule has 0 aliphatic carbocycles. The maximum atomic E-state index is 12.7. The summed E-state index contributed by atoms with van der Waals surface area (Å²) in [5, 5.41) is 2.59. The molecule has 1 rings (SSSR count). The summed E-state index contributed by atoms with van der Waals surface area (Å²) in [7, 11) is 0. The summed E-state index contributed by atoms with van der Waals surface area (Å²) < 4.78 is 11.1. The molecule has 0 aromatic carbocycles. The third-order valence-corrected chi connectivity index (χ3v) is 6.13. The third kappa shape index (κ3) is 11.0. The minimum atomic E-state index is -0.631. The minimum absolute atomic E-state index is 0.0936. The second kappa shape index (κ2) is 16.1. The predicted octanol–water partition coefficient (Wildman–Crippen LogP) is 5.32. The molecular weight excluding hydrogens is 394 g/mol. The lowest BCUT2D eigenvalue weighted by atomic mass is 9.88. The number of unbranched alkanes of at least 4 members (excludes halogenated alkanes) is 8. The molecular formula is C25H45NO5. The van der Waals surface area contributed by atoms with Gasteiger partial charge in [0.05, 0.1) is 5.92 Å². The van der Waals surface area contributed by atoms with E-state index in [0.29, 0.717) is 19.3 Å². The molecule has 2 unspecified atom stereocenters. The molecule has 1 amide bonds. The Kier molecular flexibility index (Phi) is 14.3. The quantitative estimate of drug-likeness (QED) is 0.167. The van der Waals surface area contributed by atoms with Gasteiger partial charge < -0.3 is 14.8 Å². The van der Waals surface area contributed by atoms with Crippen molar-refractivity contribution in [1.82, 2.24) is 5.32 Å². The van der Waals surface area contributed by atoms with Gasteiger partial charge in [0.15, 0.2) is 0 Å². The van der Waals surface area contributed by atoms with E-state index >= 15 is 0 Å². The predicted molar refractivity (Wildman–Crippen MR) is 122 cm³/mol. The molecule has 4 atom stereocenters. The van der Waals surface area contributed by atoms with Crippen LogP contribution in [0.3, 0.4) is 0 Å². The normalized spacial score (nSPS) is 20.0. The van der Waals surface area contributed by atoms with Crippen LogP contribution in [0.2, 0.25) is 0 Å². The van der Waals surface area contributed by atoms with Crippen LogP contribution >= 0.6 is 0 Å². The Balaban J connectivity index is 2.50. The molecule has 1 fully saturated rings. The van der Waals surface area contributed by atoms with Crippen LogP contribution in [0.15, 0.2) is 0 Å². The maximum absolute atomic E-state index is 12.7. The van der Waals surface area contributed by atoms with E-state index in [1.807, 2.05) is 20.8 Å². The first-order valence-corrected chi connectivity index (χ1v) is 12.5. The van der Waals surface area contributed by atoms with Crippen LogP contribution in [0.5, 0.6) is 0 Å². The fraction of sp³-hybridized carbons (Fsp3) is 0.880. The molecule has 180 valence electrons. The fourth-order valence-electron chi connectivity index (χ4n) is 4.24. The highest BCUT2D eigenvalue weighted by Gasteiger charge is 2.42. The molecule has 1 heterocycles. The van der Waals surface area contributed by atoms with E-state index in [4.69, 9.17) is 9.47 Å². The fourth-order valence-corrected chi connectivity index (χ4v) is 4.24. The van der Waals surface area contributed by atoms with E-state index in [2.05, 4.69) is 12.2 Å². The molecule has 1 N–H and O–H groups in total. The SMILES string of the molecule is CCCCCCCCCCCC(C[C@@H]1OC(=O)[C@H]1CC)OC(=O)C(CC(C)C)NC=O. The molecule has 0 aromatic rings. The summed E-state index contributed by atoms with van der Waals surface area (Å²) >= 11 is 0. The number of ether oxygens (including phenoxy) is 2. The van der Waals surface area contributed by atoms with Crippen molar-refractivity contribution in [1.29, 1.82) is 0 Å². The van der Waals surface area contributed by atoms with Crippen molar-refractivity contribution >= 4 is 18.3 Å². The molecule has 0 saturated carbocycles. The highest BCUT2D eigenvalue weighted by Crippen LogP contribution is 2.31. The Bertz CT molecular complexity index is 522. The van der Waals surface area contributed by atoms with Crippen molar-refractivity contribution in [2.75, 3.05) is 0 Å². The van der Waals surface area contributed by atoms with Crippen LogP contribution in [-0.4, -0.2) is 36.6 Å². The minimum Gasteiger partial charge on any atom is -0.461 e. The lowest BCUT2D eigenvalue weighted by Crippen LogP contribution is -2.47. The van der Waals surface area contributed by atoms with Gasteiger partial charge in [0.25, 0.3) is 0 Å². The molecule has 0 spiro atoms. The number of carbonyl (C=O) groups is 3. The molecule has 1 aliphatic heterocycles.